The van der Waals surface area contributed by atoms with E-state index in [0.717, 1.165) is 15.4 Å². The number of amides is 2. The van der Waals surface area contributed by atoms with Crippen molar-refractivity contribution in [2.75, 3.05) is 31.4 Å². The normalized spacial score (nSPS) is 15.6. The van der Waals surface area contributed by atoms with Crippen LogP contribution in [0.1, 0.15) is 12.8 Å². The maximum Gasteiger partial charge on any atom is 0.407 e. The van der Waals surface area contributed by atoms with E-state index in [9.17, 15) is 19.1 Å². The summed E-state index contributed by atoms with van der Waals surface area (Å²) in [6, 6.07) is 7.92. The van der Waals surface area contributed by atoms with Crippen molar-refractivity contribution in [3.8, 4) is 11.5 Å². The number of carbonyl (C=O) groups excluding carboxylic acids is 1. The van der Waals surface area contributed by atoms with Crippen molar-refractivity contribution in [2.24, 2.45) is 0 Å². The topological polar surface area (TPSA) is 126 Å². The lowest BCUT2D eigenvalue weighted by Gasteiger charge is -2.18. The van der Waals surface area contributed by atoms with Gasteiger partial charge in [0.1, 0.15) is 23.6 Å². The van der Waals surface area contributed by atoms with E-state index in [-0.39, 0.29) is 11.4 Å². The quantitative estimate of drug-likeness (QED) is 0.342. The second kappa shape index (κ2) is 10.8. The van der Waals surface area contributed by atoms with E-state index >= 15 is 0 Å². The van der Waals surface area contributed by atoms with Crippen molar-refractivity contribution in [2.45, 2.75) is 18.9 Å². The number of fused-ring (bicyclic) bond motifs is 1. The molecule has 1 unspecified atom stereocenters. The van der Waals surface area contributed by atoms with E-state index in [1.54, 1.807) is 25.3 Å². The first-order valence-corrected chi connectivity index (χ1v) is 11.7. The first kappa shape index (κ1) is 25.2. The minimum atomic E-state index is -1.15. The van der Waals surface area contributed by atoms with Gasteiger partial charge in [0.25, 0.3) is 5.91 Å². The van der Waals surface area contributed by atoms with Gasteiger partial charge in [0.2, 0.25) is 0 Å². The van der Waals surface area contributed by atoms with Gasteiger partial charge in [-0.3, -0.25) is 4.79 Å². The van der Waals surface area contributed by atoms with Crippen LogP contribution in [-0.2, 0) is 4.79 Å². The van der Waals surface area contributed by atoms with Gasteiger partial charge in [-0.1, -0.05) is 15.9 Å². The summed E-state index contributed by atoms with van der Waals surface area (Å²) < 4.78 is 26.4. The molecule has 2 aromatic carbocycles. The molecule has 1 aliphatic rings. The molecule has 188 valence electrons. The number of likely N-dealkylation sites (tertiary alicyclic amines) is 1. The first-order chi connectivity index (χ1) is 17.3. The maximum atomic E-state index is 14.7. The molecule has 0 aliphatic carbocycles. The van der Waals surface area contributed by atoms with E-state index in [2.05, 4.69) is 36.5 Å². The highest BCUT2D eigenvalue weighted by Gasteiger charge is 2.28. The molecule has 0 saturated carbocycles. The van der Waals surface area contributed by atoms with Crippen molar-refractivity contribution >= 4 is 56.0 Å². The lowest BCUT2D eigenvalue weighted by molar-refractivity contribution is -0.114. The average molecular weight is 560 g/mol. The Hall–Kier alpha value is -3.93. The summed E-state index contributed by atoms with van der Waals surface area (Å²) in [4.78, 5) is 33.6. The Morgan fingerprint density at radius 3 is 2.67 bits per heavy atom. The number of aromatic nitrogens is 2. The van der Waals surface area contributed by atoms with Crippen molar-refractivity contribution in [1.29, 1.82) is 0 Å². The van der Waals surface area contributed by atoms with Crippen LogP contribution in [0.5, 0.6) is 11.5 Å². The van der Waals surface area contributed by atoms with Crippen LogP contribution in [0.2, 0.25) is 0 Å². The molecule has 1 aliphatic heterocycles. The average Bonchev–Trinajstić information content (AvgIpc) is 3.32. The molecule has 4 rings (SSSR count). The number of anilines is 3. The van der Waals surface area contributed by atoms with Crippen LogP contribution in [0.3, 0.4) is 0 Å². The number of hydrogen-bond acceptors (Lipinski definition) is 7. The number of carboxylic acid groups (broad SMARTS) is 1. The van der Waals surface area contributed by atoms with Gasteiger partial charge in [-0.25, -0.2) is 19.2 Å². The third-order valence-corrected chi connectivity index (χ3v) is 6.21. The zero-order chi connectivity index (χ0) is 25.8. The highest BCUT2D eigenvalue weighted by atomic mass is 79.9. The van der Waals surface area contributed by atoms with Gasteiger partial charge < -0.3 is 30.1 Å². The molecule has 0 bridgehead atoms. The molecule has 0 spiro atoms. The standard InChI is InChI=1S/C24H23BrFN5O5/c1-35-20-6-5-13(25)8-18(20)29-22-15-10-19(21(36-2)11-17(15)27-12-28-22)30-23(32)16(26)9-14-4-3-7-31(14)24(33)34/h5-6,8-12,14H,3-4,7H2,1-2H3,(H,30,32)(H,33,34)(H,27,28,29). The summed E-state index contributed by atoms with van der Waals surface area (Å²) in [6.45, 7) is 0.294. The highest BCUT2D eigenvalue weighted by Crippen LogP contribution is 2.36. The molecule has 1 aromatic heterocycles. The molecule has 1 atom stereocenters. The molecular formula is C24H23BrFN5O5. The second-order valence-corrected chi connectivity index (χ2v) is 8.83. The van der Waals surface area contributed by atoms with E-state index in [1.165, 1.54) is 13.4 Å². The second-order valence-electron chi connectivity index (χ2n) is 7.92. The lowest BCUT2D eigenvalue weighted by Crippen LogP contribution is -2.33. The zero-order valence-corrected chi connectivity index (χ0v) is 21.0. The van der Waals surface area contributed by atoms with E-state index in [1.807, 2.05) is 12.1 Å². The molecule has 36 heavy (non-hydrogen) atoms. The van der Waals surface area contributed by atoms with E-state index in [0.29, 0.717) is 47.5 Å². The summed E-state index contributed by atoms with van der Waals surface area (Å²) in [5.74, 6) is -0.835. The van der Waals surface area contributed by atoms with Crippen LogP contribution in [0.15, 0.2) is 53.0 Å². The van der Waals surface area contributed by atoms with Gasteiger partial charge >= 0.3 is 6.09 Å². The smallest absolute Gasteiger partial charge is 0.407 e. The molecule has 10 nitrogen and oxygen atoms in total. The number of nitrogens with one attached hydrogen (secondary N) is 2. The van der Waals surface area contributed by atoms with Crippen LogP contribution >= 0.6 is 15.9 Å². The summed E-state index contributed by atoms with van der Waals surface area (Å²) in [7, 11) is 2.97. The number of halogens is 2. The molecule has 2 heterocycles. The lowest BCUT2D eigenvalue weighted by atomic mass is 10.1. The molecule has 1 saturated heterocycles. The number of carbonyl (C=O) groups is 2. The van der Waals surface area contributed by atoms with E-state index < -0.39 is 23.9 Å². The van der Waals surface area contributed by atoms with Crippen LogP contribution in [0, 0.1) is 0 Å². The molecule has 0 radical (unpaired) electrons. The number of benzene rings is 2. The van der Waals surface area contributed by atoms with Crippen LogP contribution in [0.25, 0.3) is 10.9 Å². The number of nitrogens with zero attached hydrogens (tertiary/aromatic N) is 3. The Morgan fingerprint density at radius 1 is 1.17 bits per heavy atom. The number of hydrogen-bond donors (Lipinski definition) is 3. The Balaban J connectivity index is 1.66. The first-order valence-electron chi connectivity index (χ1n) is 10.9. The SMILES string of the molecule is COc1cc2ncnc(Nc3cc(Br)ccc3OC)c2cc1NC(=O)C(F)=CC1CCCN1C(=O)O. The number of ether oxygens (including phenoxy) is 2. The van der Waals surface area contributed by atoms with Crippen molar-refractivity contribution in [3.05, 3.63) is 53.0 Å². The number of rotatable bonds is 7. The number of methoxy groups -OCH3 is 2. The van der Waals surface area contributed by atoms with Crippen LogP contribution in [0.4, 0.5) is 26.4 Å². The van der Waals surface area contributed by atoms with Gasteiger partial charge in [-0.15, -0.1) is 0 Å². The molecule has 1 fully saturated rings. The minimum Gasteiger partial charge on any atom is -0.495 e. The third kappa shape index (κ3) is 5.33. The van der Waals surface area contributed by atoms with Crippen molar-refractivity contribution < 1.29 is 28.6 Å². The van der Waals surface area contributed by atoms with Gasteiger partial charge in [0.05, 0.1) is 37.2 Å². The molecule has 2 amide bonds. The molecule has 12 heteroatoms. The van der Waals surface area contributed by atoms with Gasteiger partial charge in [-0.05, 0) is 43.2 Å². The summed E-state index contributed by atoms with van der Waals surface area (Å²) >= 11 is 3.43. The van der Waals surface area contributed by atoms with Gasteiger partial charge in [0.15, 0.2) is 5.83 Å². The van der Waals surface area contributed by atoms with Crippen molar-refractivity contribution in [3.63, 3.8) is 0 Å². The van der Waals surface area contributed by atoms with Gasteiger partial charge in [-0.2, -0.15) is 0 Å². The van der Waals surface area contributed by atoms with Gasteiger partial charge in [0, 0.05) is 22.5 Å². The fraction of sp³-hybridized carbons (Fsp3) is 0.250. The summed E-state index contributed by atoms with van der Waals surface area (Å²) in [5.41, 5.74) is 1.36. The predicted octanol–water partition coefficient (Wildman–Crippen LogP) is 5.09. The van der Waals surface area contributed by atoms with E-state index in [4.69, 9.17) is 9.47 Å². The highest BCUT2D eigenvalue weighted by molar-refractivity contribution is 9.10. The van der Waals surface area contributed by atoms with Crippen molar-refractivity contribution in [1.82, 2.24) is 14.9 Å². The Labute approximate surface area is 214 Å². The summed E-state index contributed by atoms with van der Waals surface area (Å²) in [5, 5.41) is 15.5. The Morgan fingerprint density at radius 2 is 1.94 bits per heavy atom. The fourth-order valence-corrected chi connectivity index (χ4v) is 4.35. The molecule has 3 N–H and O–H groups in total. The largest absolute Gasteiger partial charge is 0.495 e. The third-order valence-electron chi connectivity index (χ3n) is 5.72. The predicted molar refractivity (Wildman–Crippen MR) is 136 cm³/mol. The monoisotopic (exact) mass is 559 g/mol. The Kier molecular flexibility index (Phi) is 7.53. The van der Waals surface area contributed by atoms with Crippen LogP contribution in [-0.4, -0.2) is 58.8 Å². The molecular weight excluding hydrogens is 537 g/mol. The summed E-state index contributed by atoms with van der Waals surface area (Å²) in [6.07, 6.45) is 2.29. The maximum absolute atomic E-state index is 14.7. The fourth-order valence-electron chi connectivity index (χ4n) is 3.99. The Bertz CT molecular complexity index is 1350. The molecule has 3 aromatic rings. The minimum absolute atomic E-state index is 0.194. The van der Waals surface area contributed by atoms with Crippen LogP contribution < -0.4 is 20.1 Å². The zero-order valence-electron chi connectivity index (χ0n) is 19.4.